The van der Waals surface area contributed by atoms with E-state index in [0.29, 0.717) is 22.5 Å². The normalized spacial score (nSPS) is 21.1. The monoisotopic (exact) mass is 484 g/mol. The number of hydrogen-bond donors (Lipinski definition) is 2. The van der Waals surface area contributed by atoms with Crippen LogP contribution in [0.5, 0.6) is 0 Å². The second-order valence-electron chi connectivity index (χ2n) is 8.70. The van der Waals surface area contributed by atoms with Gasteiger partial charge in [0.1, 0.15) is 5.41 Å². The van der Waals surface area contributed by atoms with E-state index < -0.39 is 35.2 Å². The molecule has 0 unspecified atom stereocenters. The summed E-state index contributed by atoms with van der Waals surface area (Å²) < 4.78 is 10.3. The number of amides is 1. The van der Waals surface area contributed by atoms with E-state index in [0.717, 1.165) is 5.56 Å². The number of methoxy groups -OCH3 is 2. The highest BCUT2D eigenvalue weighted by atomic mass is 16.5. The molecule has 2 N–H and O–H groups in total. The zero-order valence-corrected chi connectivity index (χ0v) is 20.4. The molecule has 0 spiro atoms. The van der Waals surface area contributed by atoms with Gasteiger partial charge in [0, 0.05) is 11.4 Å². The molecule has 1 aliphatic heterocycles. The molecule has 0 saturated carbocycles. The third-order valence-electron chi connectivity index (χ3n) is 6.52. The molecule has 36 heavy (non-hydrogen) atoms. The average Bonchev–Trinajstić information content (AvgIpc) is 2.91. The van der Waals surface area contributed by atoms with Crippen LogP contribution in [0.1, 0.15) is 23.1 Å². The summed E-state index contributed by atoms with van der Waals surface area (Å²) in [6.07, 6.45) is 1.17. The van der Waals surface area contributed by atoms with Crippen LogP contribution in [0.3, 0.4) is 0 Å². The Labute approximate surface area is 210 Å². The first-order valence-corrected chi connectivity index (χ1v) is 11.5. The fraction of sp³-hybridized carbons (Fsp3) is 0.207. The van der Waals surface area contributed by atoms with Crippen LogP contribution in [0.4, 0.5) is 5.69 Å². The number of esters is 2. The first kappa shape index (κ1) is 24.7. The molecule has 0 saturated heterocycles. The molecule has 1 aliphatic rings. The SMILES string of the molecule is COC(=O)C[C@@]1(C(=O)OC)C=C(c2ccccc2)NC(=O)[C@@]1(Nc1ccc(C)cc1)c1ccccc1. The van der Waals surface area contributed by atoms with E-state index in [4.69, 9.17) is 9.47 Å². The van der Waals surface area contributed by atoms with Crippen LogP contribution in [0, 0.1) is 12.3 Å². The summed E-state index contributed by atoms with van der Waals surface area (Å²) in [5.74, 6) is -1.92. The van der Waals surface area contributed by atoms with Crippen molar-refractivity contribution in [2.45, 2.75) is 18.9 Å². The summed E-state index contributed by atoms with van der Waals surface area (Å²) in [5, 5.41) is 6.31. The van der Waals surface area contributed by atoms with Crippen molar-refractivity contribution in [1.29, 1.82) is 0 Å². The number of anilines is 1. The summed E-state index contributed by atoms with van der Waals surface area (Å²) in [4.78, 5) is 41.0. The summed E-state index contributed by atoms with van der Waals surface area (Å²) in [6, 6.07) is 25.4. The largest absolute Gasteiger partial charge is 0.469 e. The lowest BCUT2D eigenvalue weighted by atomic mass is 9.60. The minimum Gasteiger partial charge on any atom is -0.469 e. The second kappa shape index (κ2) is 10.1. The molecular formula is C29H28N2O5. The minimum absolute atomic E-state index is 0.396. The zero-order chi connectivity index (χ0) is 25.8. The molecule has 4 rings (SSSR count). The first-order valence-electron chi connectivity index (χ1n) is 11.5. The lowest BCUT2D eigenvalue weighted by molar-refractivity contribution is -0.163. The Kier molecular flexibility index (Phi) is 6.92. The molecule has 7 nitrogen and oxygen atoms in total. The summed E-state index contributed by atoms with van der Waals surface area (Å²) >= 11 is 0. The predicted molar refractivity (Wildman–Crippen MR) is 137 cm³/mol. The maximum atomic E-state index is 14.3. The van der Waals surface area contributed by atoms with Crippen molar-refractivity contribution in [1.82, 2.24) is 5.32 Å². The fourth-order valence-corrected chi connectivity index (χ4v) is 4.70. The van der Waals surface area contributed by atoms with E-state index in [1.807, 2.05) is 67.6 Å². The van der Waals surface area contributed by atoms with E-state index in [1.54, 1.807) is 30.3 Å². The number of carbonyl (C=O) groups is 3. The van der Waals surface area contributed by atoms with E-state index in [1.165, 1.54) is 14.2 Å². The Morgan fingerprint density at radius 2 is 1.47 bits per heavy atom. The molecule has 0 bridgehead atoms. The van der Waals surface area contributed by atoms with Crippen LogP contribution in [0.25, 0.3) is 5.70 Å². The maximum Gasteiger partial charge on any atom is 0.319 e. The van der Waals surface area contributed by atoms with Gasteiger partial charge in [-0.25, -0.2) is 0 Å². The molecule has 184 valence electrons. The topological polar surface area (TPSA) is 93.7 Å². The van der Waals surface area contributed by atoms with E-state index >= 15 is 0 Å². The lowest BCUT2D eigenvalue weighted by Crippen LogP contribution is -2.66. The third kappa shape index (κ3) is 4.24. The van der Waals surface area contributed by atoms with Crippen LogP contribution in [-0.2, 0) is 29.4 Å². The van der Waals surface area contributed by atoms with Gasteiger partial charge in [0.15, 0.2) is 5.54 Å². The number of benzene rings is 3. The number of nitrogens with one attached hydrogen (secondary N) is 2. The average molecular weight is 485 g/mol. The highest BCUT2D eigenvalue weighted by Gasteiger charge is 2.65. The molecule has 1 amide bonds. The molecule has 3 aromatic carbocycles. The standard InChI is InChI=1S/C29H28N2O5/c1-20-14-16-23(17-15-20)31-29(22-12-8-5-9-13-22)26(33)30-24(21-10-6-4-7-11-21)18-28(29,27(34)36-3)19-25(32)35-2/h4-18,31H,19H2,1-3H3,(H,30,33)/t28-,29+/m1/s1. The van der Waals surface area contributed by atoms with Crippen LogP contribution in [0.2, 0.25) is 0 Å². The maximum absolute atomic E-state index is 14.3. The van der Waals surface area contributed by atoms with Gasteiger partial charge in [-0.05, 0) is 36.3 Å². The highest BCUT2D eigenvalue weighted by Crippen LogP contribution is 2.51. The fourth-order valence-electron chi connectivity index (χ4n) is 4.70. The molecule has 3 aromatic rings. The van der Waals surface area contributed by atoms with Gasteiger partial charge >= 0.3 is 11.9 Å². The quantitative estimate of drug-likeness (QED) is 0.489. The van der Waals surface area contributed by atoms with Gasteiger partial charge in [-0.2, -0.15) is 0 Å². The number of carbonyl (C=O) groups excluding carboxylic acids is 3. The van der Waals surface area contributed by atoms with Crippen molar-refractivity contribution in [2.24, 2.45) is 5.41 Å². The van der Waals surface area contributed by atoms with Gasteiger partial charge in [0.05, 0.1) is 20.6 Å². The van der Waals surface area contributed by atoms with Gasteiger partial charge in [0.2, 0.25) is 0 Å². The van der Waals surface area contributed by atoms with Gasteiger partial charge < -0.3 is 20.1 Å². The van der Waals surface area contributed by atoms with E-state index in [-0.39, 0.29) is 0 Å². The van der Waals surface area contributed by atoms with Crippen molar-refractivity contribution < 1.29 is 23.9 Å². The number of aryl methyl sites for hydroxylation is 1. The Balaban J connectivity index is 2.07. The molecule has 2 atom stereocenters. The Morgan fingerprint density at radius 1 is 0.861 bits per heavy atom. The molecule has 7 heteroatoms. The van der Waals surface area contributed by atoms with Gasteiger partial charge in [-0.1, -0.05) is 78.4 Å². The molecule has 0 fully saturated rings. The number of hydrogen-bond acceptors (Lipinski definition) is 6. The first-order chi connectivity index (χ1) is 17.4. The minimum atomic E-state index is -1.80. The second-order valence-corrected chi connectivity index (χ2v) is 8.70. The van der Waals surface area contributed by atoms with Crippen molar-refractivity contribution in [2.75, 3.05) is 19.5 Å². The van der Waals surface area contributed by atoms with Gasteiger partial charge in [0.25, 0.3) is 5.91 Å². The van der Waals surface area contributed by atoms with Crippen LogP contribution >= 0.6 is 0 Å². The smallest absolute Gasteiger partial charge is 0.319 e. The van der Waals surface area contributed by atoms with Crippen LogP contribution < -0.4 is 10.6 Å². The molecular weight excluding hydrogens is 456 g/mol. The third-order valence-corrected chi connectivity index (χ3v) is 6.52. The highest BCUT2D eigenvalue weighted by molar-refractivity contribution is 6.07. The summed E-state index contributed by atoms with van der Waals surface area (Å²) in [5.41, 5.74) is -0.358. The Bertz CT molecular complexity index is 1290. The Morgan fingerprint density at radius 3 is 2.06 bits per heavy atom. The van der Waals surface area contributed by atoms with Crippen molar-refractivity contribution >= 4 is 29.2 Å². The predicted octanol–water partition coefficient (Wildman–Crippen LogP) is 4.20. The number of rotatable bonds is 7. The van der Waals surface area contributed by atoms with Crippen molar-refractivity contribution in [3.63, 3.8) is 0 Å². The van der Waals surface area contributed by atoms with E-state index in [9.17, 15) is 14.4 Å². The lowest BCUT2D eigenvalue weighted by Gasteiger charge is -2.49. The van der Waals surface area contributed by atoms with Gasteiger partial charge in [-0.3, -0.25) is 14.4 Å². The van der Waals surface area contributed by atoms with E-state index in [2.05, 4.69) is 10.6 Å². The molecule has 1 heterocycles. The molecule has 0 aromatic heterocycles. The van der Waals surface area contributed by atoms with Crippen molar-refractivity contribution in [3.8, 4) is 0 Å². The van der Waals surface area contributed by atoms with Gasteiger partial charge in [-0.15, -0.1) is 0 Å². The van der Waals surface area contributed by atoms with Crippen LogP contribution in [-0.4, -0.2) is 32.1 Å². The summed E-state index contributed by atoms with van der Waals surface area (Å²) in [7, 11) is 2.49. The van der Waals surface area contributed by atoms with Crippen LogP contribution in [0.15, 0.2) is 91.0 Å². The molecule has 0 radical (unpaired) electrons. The summed E-state index contributed by atoms with van der Waals surface area (Å²) in [6.45, 7) is 1.95. The number of ether oxygens (including phenoxy) is 2. The Hall–Kier alpha value is -4.39. The van der Waals surface area contributed by atoms with Crippen molar-refractivity contribution in [3.05, 3.63) is 108 Å². The zero-order valence-electron chi connectivity index (χ0n) is 20.4. The molecule has 0 aliphatic carbocycles.